The van der Waals surface area contributed by atoms with E-state index in [-0.39, 0.29) is 18.9 Å². The van der Waals surface area contributed by atoms with E-state index in [0.717, 1.165) is 22.7 Å². The maximum absolute atomic E-state index is 2.41. The Bertz CT molecular complexity index is 2440. The summed E-state index contributed by atoms with van der Waals surface area (Å²) < 4.78 is 2.28. The fourth-order valence-corrected chi connectivity index (χ4v) is 7.53. The van der Waals surface area contributed by atoms with Crippen molar-refractivity contribution in [2.24, 2.45) is 0 Å². The van der Waals surface area contributed by atoms with Gasteiger partial charge >= 0.3 is 0 Å². The van der Waals surface area contributed by atoms with E-state index in [1.54, 1.807) is 0 Å². The molecule has 9 rings (SSSR count). The molecule has 0 radical (unpaired) electrons. The fraction of sp³-hybridized carbons (Fsp3) is 0.0667. The van der Waals surface area contributed by atoms with Gasteiger partial charge in [0, 0.05) is 39.7 Å². The van der Waals surface area contributed by atoms with E-state index < -0.39 is 0 Å². The average molecular weight is 637 g/mol. The molecule has 3 heteroatoms. The van der Waals surface area contributed by atoms with Crippen molar-refractivity contribution in [2.75, 3.05) is 4.90 Å². The number of anilines is 3. The van der Waals surface area contributed by atoms with Crippen LogP contribution in [0.5, 0.6) is 0 Å². The molecular weight excluding hydrogens is 601 g/mol. The van der Waals surface area contributed by atoms with E-state index >= 15 is 0 Å². The Balaban J connectivity index is 0.00000336. The molecule has 0 aliphatic heterocycles. The summed E-state index contributed by atoms with van der Waals surface area (Å²) in [4.78, 5) is 2.41. The quantitative estimate of drug-likeness (QED) is 0.182. The van der Waals surface area contributed by atoms with Gasteiger partial charge in [-0.25, -0.2) is 0 Å². The second-order valence-corrected chi connectivity index (χ2v) is 13.1. The molecule has 232 valence electrons. The average Bonchev–Trinajstić information content (AvgIpc) is 3.65. The largest absolute Gasteiger partial charge is 0.317 e. The summed E-state index contributed by atoms with van der Waals surface area (Å²) in [7, 11) is 0. The van der Waals surface area contributed by atoms with E-state index in [2.05, 4.69) is 193 Å². The van der Waals surface area contributed by atoms with E-state index in [0.29, 0.717) is 0 Å². The normalized spacial score (nSPS) is 12.8. The van der Waals surface area contributed by atoms with Gasteiger partial charge < -0.3 is 9.47 Å². The minimum atomic E-state index is -0.0752. The first-order valence-corrected chi connectivity index (χ1v) is 16.3. The summed E-state index contributed by atoms with van der Waals surface area (Å²) in [5.41, 5.74) is 13.6. The maximum Gasteiger partial charge on any atom is 0.0529 e. The molecule has 8 aromatic rings. The van der Waals surface area contributed by atoms with Crippen molar-refractivity contribution in [1.82, 2.24) is 4.57 Å². The van der Waals surface area contributed by atoms with Crippen LogP contribution in [0.25, 0.3) is 49.6 Å². The van der Waals surface area contributed by atoms with Gasteiger partial charge in [-0.05, 0) is 105 Å². The van der Waals surface area contributed by atoms with E-state index in [9.17, 15) is 0 Å². The van der Waals surface area contributed by atoms with Gasteiger partial charge in [0.1, 0.15) is 0 Å². The maximum atomic E-state index is 2.41. The van der Waals surface area contributed by atoms with Crippen LogP contribution in [0.1, 0.15) is 25.0 Å². The molecule has 0 fully saturated rings. The van der Waals surface area contributed by atoms with Gasteiger partial charge in [-0.2, -0.15) is 13.5 Å². The number of hydrogen-bond donors (Lipinski definition) is 0. The molecule has 0 bridgehead atoms. The van der Waals surface area contributed by atoms with Crippen molar-refractivity contribution >= 4 is 52.2 Å². The summed E-state index contributed by atoms with van der Waals surface area (Å²) in [5.74, 6) is 0. The first-order valence-electron chi connectivity index (χ1n) is 16.3. The van der Waals surface area contributed by atoms with Gasteiger partial charge in [0.2, 0.25) is 0 Å². The van der Waals surface area contributed by atoms with Crippen molar-refractivity contribution in [3.05, 3.63) is 181 Å². The molecule has 0 unspecified atom stereocenters. The zero-order chi connectivity index (χ0) is 31.5. The molecule has 2 nitrogen and oxygen atoms in total. The van der Waals surface area contributed by atoms with Crippen LogP contribution in [0.15, 0.2) is 170 Å². The minimum absolute atomic E-state index is 0. The highest BCUT2D eigenvalue weighted by atomic mass is 32.1. The number of rotatable bonds is 5. The Morgan fingerprint density at radius 3 is 1.88 bits per heavy atom. The Labute approximate surface area is 289 Å². The smallest absolute Gasteiger partial charge is 0.0529 e. The topological polar surface area (TPSA) is 8.17 Å². The number of hydrogen-bond acceptors (Lipinski definition) is 1. The van der Waals surface area contributed by atoms with Crippen LogP contribution in [0, 0.1) is 0 Å². The molecular formula is C45H36N2S. The molecule has 0 saturated carbocycles. The molecule has 1 aliphatic rings. The molecule has 0 spiro atoms. The van der Waals surface area contributed by atoms with Gasteiger partial charge in [0.05, 0.1) is 5.52 Å². The molecule has 0 N–H and O–H groups in total. The molecule has 0 amide bonds. The van der Waals surface area contributed by atoms with Gasteiger partial charge in [0.15, 0.2) is 0 Å². The molecule has 0 saturated heterocycles. The second kappa shape index (κ2) is 11.6. The van der Waals surface area contributed by atoms with Crippen LogP contribution >= 0.6 is 13.5 Å². The van der Waals surface area contributed by atoms with Crippen molar-refractivity contribution in [2.45, 2.75) is 19.3 Å². The van der Waals surface area contributed by atoms with Crippen LogP contribution < -0.4 is 4.90 Å². The minimum Gasteiger partial charge on any atom is -0.317 e. The summed E-state index contributed by atoms with van der Waals surface area (Å²) in [6.45, 7) is 4.70. The van der Waals surface area contributed by atoms with E-state index in [1.165, 1.54) is 55.1 Å². The van der Waals surface area contributed by atoms with Crippen LogP contribution in [0.3, 0.4) is 0 Å². The lowest BCUT2D eigenvalue weighted by atomic mass is 9.82. The molecule has 48 heavy (non-hydrogen) atoms. The monoisotopic (exact) mass is 636 g/mol. The van der Waals surface area contributed by atoms with Crippen molar-refractivity contribution in [1.29, 1.82) is 0 Å². The molecule has 7 aromatic carbocycles. The van der Waals surface area contributed by atoms with Gasteiger partial charge in [0.25, 0.3) is 0 Å². The van der Waals surface area contributed by atoms with Crippen LogP contribution in [-0.4, -0.2) is 4.57 Å². The first kappa shape index (κ1) is 29.9. The van der Waals surface area contributed by atoms with Crippen LogP contribution in [0.4, 0.5) is 17.1 Å². The summed E-state index contributed by atoms with van der Waals surface area (Å²) >= 11 is 0. The van der Waals surface area contributed by atoms with Gasteiger partial charge in [-0.15, -0.1) is 0 Å². The Kier molecular flexibility index (Phi) is 7.23. The second-order valence-electron chi connectivity index (χ2n) is 13.1. The fourth-order valence-electron chi connectivity index (χ4n) is 7.53. The summed E-state index contributed by atoms with van der Waals surface area (Å²) in [6, 6.07) is 59.7. The van der Waals surface area contributed by atoms with Gasteiger partial charge in [-0.3, -0.25) is 0 Å². The van der Waals surface area contributed by atoms with E-state index in [4.69, 9.17) is 0 Å². The molecule has 1 aliphatic carbocycles. The Hall–Kier alpha value is -5.51. The third-order valence-electron chi connectivity index (χ3n) is 10.0. The van der Waals surface area contributed by atoms with Crippen molar-refractivity contribution < 1.29 is 0 Å². The lowest BCUT2D eigenvalue weighted by Gasteiger charge is -2.28. The zero-order valence-corrected chi connectivity index (χ0v) is 28.1. The van der Waals surface area contributed by atoms with Crippen molar-refractivity contribution in [3.8, 4) is 27.9 Å². The zero-order valence-electron chi connectivity index (χ0n) is 27.1. The lowest BCUT2D eigenvalue weighted by molar-refractivity contribution is 0.660. The van der Waals surface area contributed by atoms with E-state index in [1.807, 2.05) is 0 Å². The number of benzene rings is 7. The Morgan fingerprint density at radius 1 is 0.458 bits per heavy atom. The van der Waals surface area contributed by atoms with Crippen molar-refractivity contribution in [3.63, 3.8) is 0 Å². The predicted octanol–water partition coefficient (Wildman–Crippen LogP) is 12.3. The SMILES string of the molecule is CC1(C)c2ccccc2-c2ccc(N(c3ccc4ccccc4c3)c3ccc4c(ccn4-c4ccc(-c5ccccc5)cc4)c3)cc21.S. The van der Waals surface area contributed by atoms with Crippen LogP contribution in [0.2, 0.25) is 0 Å². The highest BCUT2D eigenvalue weighted by Crippen LogP contribution is 2.50. The first-order chi connectivity index (χ1) is 23.0. The highest BCUT2D eigenvalue weighted by molar-refractivity contribution is 7.59. The third kappa shape index (κ3) is 4.82. The third-order valence-corrected chi connectivity index (χ3v) is 10.0. The predicted molar refractivity (Wildman–Crippen MR) is 209 cm³/mol. The number of fused-ring (bicyclic) bond motifs is 5. The summed E-state index contributed by atoms with van der Waals surface area (Å²) in [6.07, 6.45) is 2.18. The highest BCUT2D eigenvalue weighted by Gasteiger charge is 2.35. The molecule has 1 aromatic heterocycles. The molecule has 1 heterocycles. The standard InChI is InChI=1S/C45H34N2.H2S/c1-45(2)42-15-9-8-14-40(42)41-24-22-39(30-43(41)45)47(37-21-18-32-12-6-7-13-34(32)28-37)38-23-25-44-35(29-38)26-27-46(44)36-19-16-33(17-20-36)31-10-4-3-5-11-31;/h3-30H,1-2H3;1H2. The lowest BCUT2D eigenvalue weighted by Crippen LogP contribution is -2.16. The molecule has 0 atom stereocenters. The number of nitrogens with zero attached hydrogens (tertiary/aromatic N) is 2. The van der Waals surface area contributed by atoms with Crippen LogP contribution in [-0.2, 0) is 5.41 Å². The number of aromatic nitrogens is 1. The Morgan fingerprint density at radius 2 is 1.06 bits per heavy atom. The van der Waals surface area contributed by atoms with Gasteiger partial charge in [-0.1, -0.05) is 117 Å². The summed E-state index contributed by atoms with van der Waals surface area (Å²) in [5, 5.41) is 3.68.